The Kier molecular flexibility index (Phi) is 6.51. The molecule has 37 heavy (non-hydrogen) atoms. The van der Waals surface area contributed by atoms with E-state index in [1.807, 2.05) is 6.08 Å². The van der Waals surface area contributed by atoms with Gasteiger partial charge in [0.1, 0.15) is 23.9 Å². The van der Waals surface area contributed by atoms with Crippen LogP contribution in [0.3, 0.4) is 0 Å². The lowest BCUT2D eigenvalue weighted by Crippen LogP contribution is -2.65. The normalized spacial score (nSPS) is 51.5. The number of aliphatic hydroxyl groups is 3. The number of carbonyl (C=O) groups excluding carboxylic acids is 2. The fraction of sp³-hybridized carbons (Fsp3) is 0.821. The molecule has 0 unspecified atom stereocenters. The Morgan fingerprint density at radius 2 is 1.70 bits per heavy atom. The summed E-state index contributed by atoms with van der Waals surface area (Å²) in [5.74, 6) is -0.319. The van der Waals surface area contributed by atoms with Crippen LogP contribution in [0.25, 0.3) is 0 Å². The van der Waals surface area contributed by atoms with Crippen molar-refractivity contribution >= 4 is 17.5 Å². The number of carbonyl (C=O) groups is 3. The highest BCUT2D eigenvalue weighted by atomic mass is 16.7. The van der Waals surface area contributed by atoms with E-state index in [0.717, 1.165) is 25.7 Å². The molecule has 4 aliphatic carbocycles. The molecule has 5 rings (SSSR count). The molecular formula is C28H40O9. The predicted octanol–water partition coefficient (Wildman–Crippen LogP) is 2.00. The summed E-state index contributed by atoms with van der Waals surface area (Å²) in [6, 6.07) is 0. The van der Waals surface area contributed by atoms with E-state index in [1.165, 1.54) is 12.5 Å². The Bertz CT molecular complexity index is 1020. The van der Waals surface area contributed by atoms with E-state index in [9.17, 15) is 34.8 Å². The van der Waals surface area contributed by atoms with Gasteiger partial charge >= 0.3 is 5.97 Å². The maximum atomic E-state index is 13.4. The van der Waals surface area contributed by atoms with Gasteiger partial charge in [-0.3, -0.25) is 9.59 Å². The Labute approximate surface area is 217 Å². The molecule has 3 saturated carbocycles. The minimum Gasteiger partial charge on any atom is -0.479 e. The van der Waals surface area contributed by atoms with Gasteiger partial charge in [-0.1, -0.05) is 26.3 Å². The number of carboxylic acid groups (broad SMARTS) is 1. The van der Waals surface area contributed by atoms with Gasteiger partial charge in [-0.2, -0.15) is 0 Å². The van der Waals surface area contributed by atoms with Gasteiger partial charge in [-0.25, -0.2) is 4.79 Å². The molecular weight excluding hydrogens is 480 g/mol. The van der Waals surface area contributed by atoms with E-state index in [0.29, 0.717) is 31.1 Å². The third kappa shape index (κ3) is 3.72. The summed E-state index contributed by atoms with van der Waals surface area (Å²) >= 11 is 0. The van der Waals surface area contributed by atoms with Crippen LogP contribution in [-0.4, -0.2) is 74.3 Å². The van der Waals surface area contributed by atoms with E-state index in [-0.39, 0.29) is 28.8 Å². The molecule has 0 aromatic heterocycles. The highest BCUT2D eigenvalue weighted by Crippen LogP contribution is 2.69. The second kappa shape index (κ2) is 8.95. The lowest BCUT2D eigenvalue weighted by Gasteiger charge is -2.61. The maximum absolute atomic E-state index is 13.4. The zero-order chi connectivity index (χ0) is 27.1. The van der Waals surface area contributed by atoms with Gasteiger partial charge < -0.3 is 29.9 Å². The number of hydrogen-bond acceptors (Lipinski definition) is 8. The Balaban J connectivity index is 1.47. The van der Waals surface area contributed by atoms with E-state index in [2.05, 4.69) is 20.8 Å². The van der Waals surface area contributed by atoms with Crippen molar-refractivity contribution in [2.45, 2.75) is 109 Å². The number of ether oxygens (including phenoxy) is 2. The van der Waals surface area contributed by atoms with Crippen LogP contribution >= 0.6 is 0 Å². The number of ketones is 2. The molecule has 9 heteroatoms. The van der Waals surface area contributed by atoms with Gasteiger partial charge in [0.2, 0.25) is 0 Å². The molecule has 0 bridgehead atoms. The van der Waals surface area contributed by atoms with Crippen LogP contribution in [-0.2, 0) is 23.9 Å². The lowest BCUT2D eigenvalue weighted by molar-refractivity contribution is -0.327. The van der Waals surface area contributed by atoms with Crippen LogP contribution < -0.4 is 0 Å². The molecule has 12 atom stereocenters. The molecule has 4 N–H and O–H groups in total. The van der Waals surface area contributed by atoms with Crippen LogP contribution in [0.15, 0.2) is 11.6 Å². The van der Waals surface area contributed by atoms with Crippen molar-refractivity contribution in [3.8, 4) is 0 Å². The minimum atomic E-state index is -1.82. The number of carboxylic acids is 1. The lowest BCUT2D eigenvalue weighted by atomic mass is 9.44. The zero-order valence-corrected chi connectivity index (χ0v) is 22.1. The van der Waals surface area contributed by atoms with Crippen molar-refractivity contribution in [3.63, 3.8) is 0 Å². The standard InChI is InChI=1S/C28H40O9/c1-13-11-16-17(26(3)8-5-15(30)12-19(13)26)6-9-27(4)18(16)7-10-28(27,14(2)29)37-25-22(33)20(31)21(32)23(36-25)24(34)35/h12-13,16-18,20-23,25,31-33H,5-11H2,1-4H3,(H,34,35)/t13-,16+,17-,18-,20-,21-,22+,23-,25-,26+,27-,28-/m0/s1. The van der Waals surface area contributed by atoms with Crippen LogP contribution in [0.1, 0.15) is 72.6 Å². The Morgan fingerprint density at radius 1 is 1.03 bits per heavy atom. The van der Waals surface area contributed by atoms with Crippen LogP contribution in [0.5, 0.6) is 0 Å². The molecule has 0 amide bonds. The number of fused-ring (bicyclic) bond motifs is 5. The topological polar surface area (TPSA) is 151 Å². The average Bonchev–Trinajstić information content (AvgIpc) is 3.14. The first kappa shape index (κ1) is 26.9. The van der Waals surface area contributed by atoms with Crippen molar-refractivity contribution in [2.75, 3.05) is 0 Å². The fourth-order valence-electron chi connectivity index (χ4n) is 9.19. The smallest absolute Gasteiger partial charge is 0.335 e. The second-order valence-electron chi connectivity index (χ2n) is 12.7. The Morgan fingerprint density at radius 3 is 2.35 bits per heavy atom. The molecule has 4 fully saturated rings. The number of aliphatic carboxylic acids is 1. The number of rotatable bonds is 4. The third-order valence-corrected chi connectivity index (χ3v) is 11.1. The number of aliphatic hydroxyl groups excluding tert-OH is 3. The van der Waals surface area contributed by atoms with Gasteiger partial charge in [0.15, 0.2) is 24.0 Å². The first-order valence-electron chi connectivity index (χ1n) is 13.6. The molecule has 1 aliphatic heterocycles. The highest BCUT2D eigenvalue weighted by molar-refractivity contribution is 5.91. The number of allylic oxidation sites excluding steroid dienone is 1. The molecule has 0 aromatic rings. The van der Waals surface area contributed by atoms with Gasteiger partial charge in [0.05, 0.1) is 0 Å². The first-order valence-corrected chi connectivity index (χ1v) is 13.6. The highest BCUT2D eigenvalue weighted by Gasteiger charge is 2.68. The summed E-state index contributed by atoms with van der Waals surface area (Å²) in [5, 5.41) is 40.5. The van der Waals surface area contributed by atoms with E-state index in [1.54, 1.807) is 0 Å². The van der Waals surface area contributed by atoms with E-state index in [4.69, 9.17) is 9.47 Å². The van der Waals surface area contributed by atoms with Gasteiger partial charge in [0.25, 0.3) is 0 Å². The van der Waals surface area contributed by atoms with Crippen molar-refractivity contribution in [1.29, 1.82) is 0 Å². The summed E-state index contributed by atoms with van der Waals surface area (Å²) < 4.78 is 11.8. The summed E-state index contributed by atoms with van der Waals surface area (Å²) in [6.45, 7) is 8.03. The second-order valence-corrected chi connectivity index (χ2v) is 12.7. The van der Waals surface area contributed by atoms with Crippen LogP contribution in [0.2, 0.25) is 0 Å². The molecule has 1 saturated heterocycles. The summed E-state index contributed by atoms with van der Waals surface area (Å²) in [4.78, 5) is 37.3. The minimum absolute atomic E-state index is 0.0441. The molecule has 206 valence electrons. The molecule has 0 radical (unpaired) electrons. The average molecular weight is 521 g/mol. The third-order valence-electron chi connectivity index (χ3n) is 11.1. The number of Topliss-reactive ketones (excluding diaryl/α,β-unsaturated/α-hetero) is 1. The monoisotopic (exact) mass is 520 g/mol. The van der Waals surface area contributed by atoms with Gasteiger partial charge in [-0.15, -0.1) is 0 Å². The quantitative estimate of drug-likeness (QED) is 0.436. The molecule has 1 heterocycles. The Hall–Kier alpha value is -1.65. The fourth-order valence-corrected chi connectivity index (χ4v) is 9.19. The van der Waals surface area contributed by atoms with Crippen LogP contribution in [0, 0.1) is 34.5 Å². The molecule has 0 aromatic carbocycles. The zero-order valence-electron chi connectivity index (χ0n) is 22.1. The SMILES string of the molecule is CC(=O)[C@@]1(O[C@@H]2O[C@H](C(=O)O)[C@@H](O)[C@H](O)[C@H]2O)CC[C@H]2[C@@H]3C[C@H](C)C4=CC(=O)CC[C@]4(C)[C@H]3CC[C@@]21C. The maximum Gasteiger partial charge on any atom is 0.335 e. The van der Waals surface area contributed by atoms with Crippen molar-refractivity contribution in [2.24, 2.45) is 34.5 Å². The summed E-state index contributed by atoms with van der Waals surface area (Å²) in [5.41, 5.74) is -0.670. The molecule has 5 aliphatic rings. The molecule has 9 nitrogen and oxygen atoms in total. The van der Waals surface area contributed by atoms with Gasteiger partial charge in [0, 0.05) is 11.8 Å². The predicted molar refractivity (Wildman–Crippen MR) is 130 cm³/mol. The van der Waals surface area contributed by atoms with Gasteiger partial charge in [-0.05, 0) is 80.6 Å². The molecule has 0 spiro atoms. The van der Waals surface area contributed by atoms with E-state index < -0.39 is 47.7 Å². The van der Waals surface area contributed by atoms with Crippen molar-refractivity contribution < 1.29 is 44.3 Å². The first-order chi connectivity index (χ1) is 17.3. The van der Waals surface area contributed by atoms with E-state index >= 15 is 0 Å². The largest absolute Gasteiger partial charge is 0.479 e. The van der Waals surface area contributed by atoms with Crippen LogP contribution in [0.4, 0.5) is 0 Å². The van der Waals surface area contributed by atoms with Crippen molar-refractivity contribution in [1.82, 2.24) is 0 Å². The van der Waals surface area contributed by atoms with Crippen molar-refractivity contribution in [3.05, 3.63) is 11.6 Å². The number of hydrogen-bond donors (Lipinski definition) is 4. The summed E-state index contributed by atoms with van der Waals surface area (Å²) in [7, 11) is 0. The summed E-state index contributed by atoms with van der Waals surface area (Å²) in [6.07, 6.45) is -1.72.